The van der Waals surface area contributed by atoms with E-state index in [0.29, 0.717) is 17.1 Å². The molecule has 0 amide bonds. The molecule has 0 bridgehead atoms. The SMILES string of the molecule is COCOc1ccc(/C=C/C(=O)c2c(OC)cc3c(c2O)C=CC(C)(CCC=C(C)C)O3)cc1. The number of ether oxygens (including phenoxy) is 4. The van der Waals surface area contributed by atoms with E-state index in [0.717, 1.165) is 18.4 Å². The van der Waals surface area contributed by atoms with Gasteiger partial charge in [-0.05, 0) is 69.5 Å². The van der Waals surface area contributed by atoms with Gasteiger partial charge in [-0.15, -0.1) is 0 Å². The molecule has 1 aliphatic heterocycles. The minimum absolute atomic E-state index is 0.0962. The normalized spacial score (nSPS) is 16.6. The number of carbonyl (C=O) groups is 1. The van der Waals surface area contributed by atoms with Crippen molar-refractivity contribution in [3.05, 3.63) is 70.8 Å². The first kappa shape index (κ1) is 25.1. The number of hydrogen-bond acceptors (Lipinski definition) is 6. The van der Waals surface area contributed by atoms with Crippen LogP contribution in [0.3, 0.4) is 0 Å². The predicted molar refractivity (Wildman–Crippen MR) is 134 cm³/mol. The zero-order valence-electron chi connectivity index (χ0n) is 20.4. The Hall–Kier alpha value is -3.51. The van der Waals surface area contributed by atoms with E-state index in [9.17, 15) is 9.90 Å². The molecule has 1 N–H and O–H groups in total. The maximum Gasteiger partial charge on any atom is 0.193 e. The maximum absolute atomic E-state index is 13.0. The van der Waals surface area contributed by atoms with Crippen LogP contribution < -0.4 is 14.2 Å². The van der Waals surface area contributed by atoms with E-state index in [1.807, 2.05) is 31.2 Å². The van der Waals surface area contributed by atoms with E-state index in [1.54, 1.807) is 31.4 Å². The highest BCUT2D eigenvalue weighted by molar-refractivity contribution is 6.11. The van der Waals surface area contributed by atoms with Gasteiger partial charge < -0.3 is 24.1 Å². The van der Waals surface area contributed by atoms with Gasteiger partial charge in [0, 0.05) is 13.2 Å². The van der Waals surface area contributed by atoms with Gasteiger partial charge in [-0.2, -0.15) is 0 Å². The van der Waals surface area contributed by atoms with Gasteiger partial charge >= 0.3 is 0 Å². The van der Waals surface area contributed by atoms with Crippen LogP contribution in [0.5, 0.6) is 23.0 Å². The molecule has 1 aliphatic rings. The number of rotatable bonds is 10. The van der Waals surface area contributed by atoms with Gasteiger partial charge in [0.1, 0.15) is 34.2 Å². The average molecular weight is 465 g/mol. The maximum atomic E-state index is 13.0. The fourth-order valence-electron chi connectivity index (χ4n) is 3.67. The van der Waals surface area contributed by atoms with Crippen molar-refractivity contribution in [2.45, 2.75) is 39.2 Å². The molecule has 6 heteroatoms. The molecule has 0 spiro atoms. The fourth-order valence-corrected chi connectivity index (χ4v) is 3.67. The van der Waals surface area contributed by atoms with Crippen molar-refractivity contribution in [1.82, 2.24) is 0 Å². The van der Waals surface area contributed by atoms with Crippen LogP contribution in [0.25, 0.3) is 12.2 Å². The molecule has 6 nitrogen and oxygen atoms in total. The first-order valence-corrected chi connectivity index (χ1v) is 11.2. The summed E-state index contributed by atoms with van der Waals surface area (Å²) < 4.78 is 21.9. The quantitative estimate of drug-likeness (QED) is 0.196. The summed E-state index contributed by atoms with van der Waals surface area (Å²) in [6.07, 6.45) is 10.7. The lowest BCUT2D eigenvalue weighted by molar-refractivity contribution is 0.0511. The smallest absolute Gasteiger partial charge is 0.193 e. The van der Waals surface area contributed by atoms with Gasteiger partial charge in [-0.1, -0.05) is 29.9 Å². The molecule has 34 heavy (non-hydrogen) atoms. The van der Waals surface area contributed by atoms with Crippen LogP contribution in [-0.2, 0) is 4.74 Å². The zero-order chi connectivity index (χ0) is 24.7. The molecule has 0 saturated carbocycles. The van der Waals surface area contributed by atoms with E-state index in [2.05, 4.69) is 19.9 Å². The second-order valence-electron chi connectivity index (χ2n) is 8.60. The van der Waals surface area contributed by atoms with Crippen molar-refractivity contribution in [3.8, 4) is 23.0 Å². The number of carbonyl (C=O) groups excluding carboxylic acids is 1. The number of fused-ring (bicyclic) bond motifs is 1. The third-order valence-corrected chi connectivity index (χ3v) is 5.52. The zero-order valence-corrected chi connectivity index (χ0v) is 20.4. The first-order chi connectivity index (χ1) is 16.3. The van der Waals surface area contributed by atoms with Crippen molar-refractivity contribution < 1.29 is 28.8 Å². The molecule has 1 atom stereocenters. The van der Waals surface area contributed by atoms with Crippen LogP contribution in [0.1, 0.15) is 55.1 Å². The molecule has 3 rings (SSSR count). The Balaban J connectivity index is 1.82. The van der Waals surface area contributed by atoms with Crippen molar-refractivity contribution in [2.24, 2.45) is 0 Å². The number of ketones is 1. The number of benzene rings is 2. The summed E-state index contributed by atoms with van der Waals surface area (Å²) in [4.78, 5) is 13.0. The van der Waals surface area contributed by atoms with Crippen LogP contribution in [0.2, 0.25) is 0 Å². The second-order valence-corrected chi connectivity index (χ2v) is 8.60. The summed E-state index contributed by atoms with van der Waals surface area (Å²) >= 11 is 0. The lowest BCUT2D eigenvalue weighted by Gasteiger charge is -2.32. The lowest BCUT2D eigenvalue weighted by Crippen LogP contribution is -2.31. The summed E-state index contributed by atoms with van der Waals surface area (Å²) in [5, 5.41) is 10.9. The fraction of sp³-hybridized carbons (Fsp3) is 0.321. The third kappa shape index (κ3) is 6.08. The Morgan fingerprint density at radius 1 is 1.18 bits per heavy atom. The van der Waals surface area contributed by atoms with Crippen molar-refractivity contribution >= 4 is 17.9 Å². The summed E-state index contributed by atoms with van der Waals surface area (Å²) in [5.41, 5.74) is 2.12. The molecule has 180 valence electrons. The number of methoxy groups -OCH3 is 2. The van der Waals surface area contributed by atoms with E-state index in [-0.39, 0.29) is 29.6 Å². The molecule has 0 aromatic heterocycles. The highest BCUT2D eigenvalue weighted by atomic mass is 16.7. The Morgan fingerprint density at radius 3 is 2.56 bits per heavy atom. The topological polar surface area (TPSA) is 74.2 Å². The molecule has 2 aromatic carbocycles. The van der Waals surface area contributed by atoms with Gasteiger partial charge in [0.25, 0.3) is 0 Å². The molecule has 0 saturated heterocycles. The van der Waals surface area contributed by atoms with E-state index >= 15 is 0 Å². The molecular formula is C28H32O6. The van der Waals surface area contributed by atoms with Crippen molar-refractivity contribution in [2.75, 3.05) is 21.0 Å². The first-order valence-electron chi connectivity index (χ1n) is 11.2. The number of allylic oxidation sites excluding steroid dienone is 3. The van der Waals surface area contributed by atoms with Crippen LogP contribution >= 0.6 is 0 Å². The monoisotopic (exact) mass is 464 g/mol. The molecule has 0 aliphatic carbocycles. The standard InChI is InChI=1S/C28H32O6/c1-19(2)7-6-15-28(3)16-14-22-24(34-28)17-25(32-5)26(27(22)30)23(29)13-10-20-8-11-21(12-9-20)33-18-31-4/h7-14,16-17,30H,6,15,18H2,1-5H3/b13-10+. The largest absolute Gasteiger partial charge is 0.506 e. The minimum atomic E-state index is -0.513. The summed E-state index contributed by atoms with van der Waals surface area (Å²) in [7, 11) is 3.02. The number of hydrogen-bond donors (Lipinski definition) is 1. The number of phenolic OH excluding ortho intramolecular Hbond substituents is 1. The van der Waals surface area contributed by atoms with E-state index < -0.39 is 5.60 Å². The second kappa shape index (κ2) is 11.1. The highest BCUT2D eigenvalue weighted by Crippen LogP contribution is 2.44. The van der Waals surface area contributed by atoms with Gasteiger partial charge in [-0.25, -0.2) is 0 Å². The average Bonchev–Trinajstić information content (AvgIpc) is 2.81. The van der Waals surface area contributed by atoms with Crippen LogP contribution in [-0.4, -0.2) is 37.5 Å². The van der Waals surface area contributed by atoms with Gasteiger partial charge in [0.2, 0.25) is 0 Å². The summed E-state index contributed by atoms with van der Waals surface area (Å²) in [5.74, 6) is 0.885. The Bertz CT molecular complexity index is 1110. The highest BCUT2D eigenvalue weighted by Gasteiger charge is 2.31. The Labute approximate surface area is 201 Å². The molecule has 0 fully saturated rings. The van der Waals surface area contributed by atoms with Gasteiger partial charge in [0.15, 0.2) is 12.6 Å². The molecular weight excluding hydrogens is 432 g/mol. The minimum Gasteiger partial charge on any atom is -0.506 e. The van der Waals surface area contributed by atoms with E-state index in [1.165, 1.54) is 18.8 Å². The lowest BCUT2D eigenvalue weighted by atomic mass is 9.92. The predicted octanol–water partition coefficient (Wildman–Crippen LogP) is 6.19. The molecule has 1 unspecified atom stereocenters. The third-order valence-electron chi connectivity index (χ3n) is 5.52. The Morgan fingerprint density at radius 2 is 1.91 bits per heavy atom. The van der Waals surface area contributed by atoms with Crippen LogP contribution in [0.15, 0.2) is 54.1 Å². The molecule has 2 aromatic rings. The summed E-state index contributed by atoms with van der Waals surface area (Å²) in [6.45, 7) is 6.30. The molecule has 1 heterocycles. The van der Waals surface area contributed by atoms with Crippen LogP contribution in [0, 0.1) is 0 Å². The van der Waals surface area contributed by atoms with Crippen LogP contribution in [0.4, 0.5) is 0 Å². The van der Waals surface area contributed by atoms with Gasteiger partial charge in [0.05, 0.1) is 12.7 Å². The van der Waals surface area contributed by atoms with E-state index in [4.69, 9.17) is 18.9 Å². The van der Waals surface area contributed by atoms with Crippen molar-refractivity contribution in [3.63, 3.8) is 0 Å². The van der Waals surface area contributed by atoms with Crippen molar-refractivity contribution in [1.29, 1.82) is 0 Å². The number of aromatic hydroxyl groups is 1. The van der Waals surface area contributed by atoms with Gasteiger partial charge in [-0.3, -0.25) is 4.79 Å². The molecule has 0 radical (unpaired) electrons. The Kier molecular flexibility index (Phi) is 8.18. The number of phenols is 1. The summed E-state index contributed by atoms with van der Waals surface area (Å²) in [6, 6.07) is 8.89.